The molecule has 0 radical (unpaired) electrons. The lowest BCUT2D eigenvalue weighted by atomic mass is 10.2. The van der Waals surface area contributed by atoms with E-state index in [2.05, 4.69) is 26.6 Å². The molecule has 0 unspecified atom stereocenters. The number of aromatic nitrogens is 1. The van der Waals surface area contributed by atoms with E-state index in [0.29, 0.717) is 0 Å². The van der Waals surface area contributed by atoms with Crippen molar-refractivity contribution in [3.8, 4) is 0 Å². The Morgan fingerprint density at radius 3 is 2.81 bits per heavy atom. The minimum Gasteiger partial charge on any atom is -0.347 e. The van der Waals surface area contributed by atoms with Gasteiger partial charge in [0, 0.05) is 34.5 Å². The van der Waals surface area contributed by atoms with Crippen LogP contribution in [0.25, 0.3) is 10.9 Å². The van der Waals surface area contributed by atoms with E-state index in [0.717, 1.165) is 47.5 Å². The predicted molar refractivity (Wildman–Crippen MR) is 70.4 cm³/mol. The number of para-hydroxylation sites is 1. The Kier molecular flexibility index (Phi) is 3.78. The smallest absolute Gasteiger partial charge is 0.152 e. The second kappa shape index (κ2) is 5.30. The van der Waals surface area contributed by atoms with Gasteiger partial charge in [-0.15, -0.1) is 0 Å². The van der Waals surface area contributed by atoms with Gasteiger partial charge in [0.05, 0.1) is 0 Å². The lowest BCUT2D eigenvalue weighted by molar-refractivity contribution is 0.112. The van der Waals surface area contributed by atoms with E-state index in [1.165, 1.54) is 0 Å². The van der Waals surface area contributed by atoms with Gasteiger partial charge in [0.15, 0.2) is 6.29 Å². The number of unbranched alkanes of at least 4 members (excludes halogenated alkanes) is 1. The average molecular weight is 280 g/mol. The standard InChI is InChI=1S/C13H14BrNO/c14-7-3-4-8-15-9-11(10-16)12-5-1-2-6-13(12)15/h1-2,5-6,9-10H,3-4,7-8H2. The first-order valence-electron chi connectivity index (χ1n) is 5.46. The molecule has 2 nitrogen and oxygen atoms in total. The third-order valence-electron chi connectivity index (χ3n) is 2.73. The van der Waals surface area contributed by atoms with Gasteiger partial charge in [0.25, 0.3) is 0 Å². The van der Waals surface area contributed by atoms with Crippen molar-refractivity contribution < 1.29 is 4.79 Å². The molecule has 0 amide bonds. The maximum absolute atomic E-state index is 10.9. The highest BCUT2D eigenvalue weighted by atomic mass is 79.9. The van der Waals surface area contributed by atoms with E-state index in [-0.39, 0.29) is 0 Å². The van der Waals surface area contributed by atoms with Gasteiger partial charge in [-0.1, -0.05) is 34.1 Å². The van der Waals surface area contributed by atoms with Gasteiger partial charge in [0.1, 0.15) is 0 Å². The number of nitrogens with zero attached hydrogens (tertiary/aromatic N) is 1. The number of hydrogen-bond acceptors (Lipinski definition) is 1. The summed E-state index contributed by atoms with van der Waals surface area (Å²) in [5.74, 6) is 0. The SMILES string of the molecule is O=Cc1cn(CCCCBr)c2ccccc12. The van der Waals surface area contributed by atoms with Crippen LogP contribution in [0.1, 0.15) is 23.2 Å². The molecule has 3 heteroatoms. The van der Waals surface area contributed by atoms with Crippen LogP contribution in [0.5, 0.6) is 0 Å². The number of alkyl halides is 1. The maximum Gasteiger partial charge on any atom is 0.152 e. The van der Waals surface area contributed by atoms with Crippen molar-refractivity contribution in [2.24, 2.45) is 0 Å². The van der Waals surface area contributed by atoms with Crippen molar-refractivity contribution in [2.45, 2.75) is 19.4 Å². The first-order valence-corrected chi connectivity index (χ1v) is 6.58. The molecule has 84 valence electrons. The van der Waals surface area contributed by atoms with E-state index in [9.17, 15) is 4.79 Å². The van der Waals surface area contributed by atoms with E-state index in [4.69, 9.17) is 0 Å². The highest BCUT2D eigenvalue weighted by Crippen LogP contribution is 2.20. The lowest BCUT2D eigenvalue weighted by Crippen LogP contribution is -1.96. The molecule has 2 rings (SSSR count). The highest BCUT2D eigenvalue weighted by molar-refractivity contribution is 9.09. The van der Waals surface area contributed by atoms with Crippen LogP contribution in [0.15, 0.2) is 30.5 Å². The molecule has 0 saturated carbocycles. The summed E-state index contributed by atoms with van der Waals surface area (Å²) in [4.78, 5) is 10.9. The van der Waals surface area contributed by atoms with Gasteiger partial charge < -0.3 is 4.57 Å². The number of aldehydes is 1. The Bertz CT molecular complexity index is 490. The van der Waals surface area contributed by atoms with Gasteiger partial charge in [-0.05, 0) is 18.9 Å². The molecule has 1 heterocycles. The fraction of sp³-hybridized carbons (Fsp3) is 0.308. The molecule has 0 aliphatic carbocycles. The monoisotopic (exact) mass is 279 g/mol. The fourth-order valence-corrected chi connectivity index (χ4v) is 2.33. The Morgan fingerprint density at radius 2 is 2.06 bits per heavy atom. The predicted octanol–water partition coefficient (Wildman–Crippen LogP) is 3.63. The molecule has 0 saturated heterocycles. The summed E-state index contributed by atoms with van der Waals surface area (Å²) in [6, 6.07) is 8.05. The summed E-state index contributed by atoms with van der Waals surface area (Å²) >= 11 is 3.43. The fourth-order valence-electron chi connectivity index (χ4n) is 1.93. The molecule has 0 bridgehead atoms. The maximum atomic E-state index is 10.9. The molecule has 0 fully saturated rings. The van der Waals surface area contributed by atoms with Gasteiger partial charge in [-0.2, -0.15) is 0 Å². The average Bonchev–Trinajstić information content (AvgIpc) is 2.68. The number of halogens is 1. The molecule has 0 aliphatic rings. The Morgan fingerprint density at radius 1 is 1.25 bits per heavy atom. The van der Waals surface area contributed by atoms with E-state index < -0.39 is 0 Å². The van der Waals surface area contributed by atoms with E-state index in [1.54, 1.807) is 0 Å². The summed E-state index contributed by atoms with van der Waals surface area (Å²) in [5, 5.41) is 2.09. The van der Waals surface area contributed by atoms with Crippen LogP contribution in [0.4, 0.5) is 0 Å². The van der Waals surface area contributed by atoms with Crippen LogP contribution in [0.3, 0.4) is 0 Å². The molecule has 0 atom stereocenters. The first-order chi connectivity index (χ1) is 7.86. The van der Waals surface area contributed by atoms with Gasteiger partial charge >= 0.3 is 0 Å². The summed E-state index contributed by atoms with van der Waals surface area (Å²) in [6.45, 7) is 0.972. The van der Waals surface area contributed by atoms with Crippen molar-refractivity contribution in [1.82, 2.24) is 4.57 Å². The zero-order valence-corrected chi connectivity index (χ0v) is 10.6. The molecule has 0 aliphatic heterocycles. The molecule has 2 aromatic rings. The number of carbonyl (C=O) groups excluding carboxylic acids is 1. The first kappa shape index (κ1) is 11.4. The molecular formula is C13H14BrNO. The second-order valence-corrected chi connectivity index (χ2v) is 4.60. The number of carbonyl (C=O) groups is 1. The van der Waals surface area contributed by atoms with E-state index >= 15 is 0 Å². The van der Waals surface area contributed by atoms with Crippen LogP contribution in [-0.4, -0.2) is 16.2 Å². The number of hydrogen-bond donors (Lipinski definition) is 0. The van der Waals surface area contributed by atoms with Crippen molar-refractivity contribution in [1.29, 1.82) is 0 Å². The van der Waals surface area contributed by atoms with Gasteiger partial charge in [-0.3, -0.25) is 4.79 Å². The third kappa shape index (κ3) is 2.19. The second-order valence-electron chi connectivity index (χ2n) is 3.81. The lowest BCUT2D eigenvalue weighted by Gasteiger charge is -2.03. The van der Waals surface area contributed by atoms with Crippen molar-refractivity contribution in [2.75, 3.05) is 5.33 Å². The minimum absolute atomic E-state index is 0.787. The number of fused-ring (bicyclic) bond motifs is 1. The molecule has 16 heavy (non-hydrogen) atoms. The van der Waals surface area contributed by atoms with Crippen LogP contribution in [0.2, 0.25) is 0 Å². The third-order valence-corrected chi connectivity index (χ3v) is 3.29. The van der Waals surface area contributed by atoms with Crippen molar-refractivity contribution in [3.63, 3.8) is 0 Å². The number of rotatable bonds is 5. The summed E-state index contributed by atoms with van der Waals surface area (Å²) in [6.07, 6.45) is 5.17. The highest BCUT2D eigenvalue weighted by Gasteiger charge is 2.06. The van der Waals surface area contributed by atoms with E-state index in [1.807, 2.05) is 24.4 Å². The minimum atomic E-state index is 0.787. The largest absolute Gasteiger partial charge is 0.347 e. The number of benzene rings is 1. The van der Waals surface area contributed by atoms with Gasteiger partial charge in [-0.25, -0.2) is 0 Å². The Balaban J connectivity index is 2.33. The van der Waals surface area contributed by atoms with Crippen LogP contribution >= 0.6 is 15.9 Å². The zero-order valence-electron chi connectivity index (χ0n) is 9.03. The Hall–Kier alpha value is -1.09. The molecule has 1 aromatic carbocycles. The Labute approximate surface area is 103 Å². The van der Waals surface area contributed by atoms with Gasteiger partial charge in [0.2, 0.25) is 0 Å². The quantitative estimate of drug-likeness (QED) is 0.465. The van der Waals surface area contributed by atoms with Crippen molar-refractivity contribution in [3.05, 3.63) is 36.0 Å². The normalized spacial score (nSPS) is 10.8. The topological polar surface area (TPSA) is 22.0 Å². The van der Waals surface area contributed by atoms with Crippen LogP contribution in [0, 0.1) is 0 Å². The van der Waals surface area contributed by atoms with Crippen LogP contribution < -0.4 is 0 Å². The van der Waals surface area contributed by atoms with Crippen LogP contribution in [-0.2, 0) is 6.54 Å². The summed E-state index contributed by atoms with van der Waals surface area (Å²) in [7, 11) is 0. The number of aryl methyl sites for hydroxylation is 1. The summed E-state index contributed by atoms with van der Waals surface area (Å²) < 4.78 is 2.17. The summed E-state index contributed by atoms with van der Waals surface area (Å²) in [5.41, 5.74) is 1.94. The zero-order chi connectivity index (χ0) is 11.4. The van der Waals surface area contributed by atoms with Crippen molar-refractivity contribution >= 4 is 33.1 Å². The molecule has 0 N–H and O–H groups in total. The molecule has 1 aromatic heterocycles. The molecular weight excluding hydrogens is 266 g/mol. The molecule has 0 spiro atoms.